The van der Waals surface area contributed by atoms with Gasteiger partial charge in [-0.25, -0.2) is 0 Å². The summed E-state index contributed by atoms with van der Waals surface area (Å²) < 4.78 is 71.3. The lowest BCUT2D eigenvalue weighted by Crippen LogP contribution is -2.65. The van der Waals surface area contributed by atoms with Gasteiger partial charge < -0.3 is 9.94 Å². The highest BCUT2D eigenvalue weighted by molar-refractivity contribution is 5.93. The Hall–Kier alpha value is -2.55. The largest absolute Gasteiger partial charge is 0.456 e. The molecular formula is C31H36F5NO3. The van der Waals surface area contributed by atoms with Crippen molar-refractivity contribution in [3.8, 4) is 0 Å². The Kier molecular flexibility index (Phi) is 7.29. The summed E-state index contributed by atoms with van der Waals surface area (Å²) in [4.78, 5) is 17.5. The lowest BCUT2D eigenvalue weighted by atomic mass is 9.50. The molecular weight excluding hydrogens is 529 g/mol. The van der Waals surface area contributed by atoms with Gasteiger partial charge in [0.15, 0.2) is 5.78 Å². The number of rotatable bonds is 6. The fourth-order valence-corrected chi connectivity index (χ4v) is 7.82. The van der Waals surface area contributed by atoms with E-state index in [1.165, 1.54) is 6.92 Å². The third-order valence-electron chi connectivity index (χ3n) is 9.78. The lowest BCUT2D eigenvalue weighted by Gasteiger charge is -2.56. The molecule has 1 aromatic rings. The standard InChI is InChI=1S/C31H36F5NO3/c1-18(2)17-40-37-16-19-4-6-20(7-5-19)25-15-28(3)26(12-13-29(28,39)30(32,33)31(34,35)36)24-10-8-21-14-22(38)9-11-23(21)27(24)25/h4-7,14,16,18,24-26,39H,8-13,15,17H2,1-3H3/t24-,25+,26-,28-,29-/m0/s1. The lowest BCUT2D eigenvalue weighted by molar-refractivity contribution is -0.362. The van der Waals surface area contributed by atoms with Crippen molar-refractivity contribution in [2.24, 2.45) is 28.3 Å². The first-order valence-electron chi connectivity index (χ1n) is 14.1. The van der Waals surface area contributed by atoms with Crippen LogP contribution in [0, 0.1) is 23.2 Å². The highest BCUT2D eigenvalue weighted by Gasteiger charge is 2.79. The summed E-state index contributed by atoms with van der Waals surface area (Å²) >= 11 is 0. The summed E-state index contributed by atoms with van der Waals surface area (Å²) in [6, 6.07) is 7.35. The van der Waals surface area contributed by atoms with E-state index in [0.29, 0.717) is 38.2 Å². The number of halogens is 5. The first-order valence-corrected chi connectivity index (χ1v) is 14.1. The normalized spacial score (nSPS) is 32.7. The highest BCUT2D eigenvalue weighted by atomic mass is 19.4. The van der Waals surface area contributed by atoms with E-state index in [1.54, 1.807) is 12.3 Å². The predicted octanol–water partition coefficient (Wildman–Crippen LogP) is 7.52. The van der Waals surface area contributed by atoms with Crippen LogP contribution in [0.1, 0.15) is 82.8 Å². The van der Waals surface area contributed by atoms with E-state index in [0.717, 1.165) is 27.8 Å². The monoisotopic (exact) mass is 565 g/mol. The zero-order chi connectivity index (χ0) is 29.1. The predicted molar refractivity (Wildman–Crippen MR) is 141 cm³/mol. The molecule has 0 amide bonds. The maximum Gasteiger partial charge on any atom is 0.456 e. The Morgan fingerprint density at radius 3 is 2.45 bits per heavy atom. The first-order chi connectivity index (χ1) is 18.7. The van der Waals surface area contributed by atoms with Crippen LogP contribution in [0.3, 0.4) is 0 Å². The fraction of sp³-hybridized carbons (Fsp3) is 0.613. The minimum absolute atomic E-state index is 0.0403. The molecule has 5 rings (SSSR count). The smallest absolute Gasteiger partial charge is 0.396 e. The molecule has 9 heteroatoms. The highest BCUT2D eigenvalue weighted by Crippen LogP contribution is 2.70. The Morgan fingerprint density at radius 2 is 1.80 bits per heavy atom. The molecule has 2 saturated carbocycles. The van der Waals surface area contributed by atoms with Crippen LogP contribution < -0.4 is 0 Å². The molecule has 0 unspecified atom stereocenters. The van der Waals surface area contributed by atoms with Crippen molar-refractivity contribution in [1.82, 2.24) is 0 Å². The number of nitrogens with zero attached hydrogens (tertiary/aromatic N) is 1. The first kappa shape index (κ1) is 29.0. The van der Waals surface area contributed by atoms with Gasteiger partial charge in [0.25, 0.3) is 0 Å². The summed E-state index contributed by atoms with van der Waals surface area (Å²) in [5.74, 6) is -6.09. The van der Waals surface area contributed by atoms with Gasteiger partial charge in [-0.2, -0.15) is 22.0 Å². The molecule has 0 bridgehead atoms. The van der Waals surface area contributed by atoms with Crippen molar-refractivity contribution in [3.05, 3.63) is 58.2 Å². The van der Waals surface area contributed by atoms with E-state index < -0.39 is 41.4 Å². The second kappa shape index (κ2) is 10.1. The third kappa shape index (κ3) is 4.52. The molecule has 0 aromatic heterocycles. The Labute approximate surface area is 231 Å². The average molecular weight is 566 g/mol. The summed E-state index contributed by atoms with van der Waals surface area (Å²) in [6.45, 7) is 5.92. The number of fused-ring (bicyclic) bond motifs is 4. The van der Waals surface area contributed by atoms with Crippen molar-refractivity contribution < 1.29 is 36.7 Å². The van der Waals surface area contributed by atoms with Crippen molar-refractivity contribution in [2.45, 2.75) is 89.3 Å². The number of carbonyl (C=O) groups is 1. The van der Waals surface area contributed by atoms with Crippen LogP contribution in [-0.4, -0.2) is 41.4 Å². The zero-order valence-electron chi connectivity index (χ0n) is 23.0. The van der Waals surface area contributed by atoms with Gasteiger partial charge in [-0.05, 0) is 84.6 Å². The number of oxime groups is 1. The van der Waals surface area contributed by atoms with E-state index in [9.17, 15) is 23.1 Å². The summed E-state index contributed by atoms with van der Waals surface area (Å²) in [6.07, 6.45) is -1.15. The number of alkyl halides is 5. The number of hydrogen-bond acceptors (Lipinski definition) is 4. The number of hydrogen-bond donors (Lipinski definition) is 1. The number of allylic oxidation sites excluding steroid dienone is 4. The SMILES string of the molecule is CC(C)CON=Cc1ccc([C@H]2C[C@@]3(C)[C@@H](CC[C@@]3(O)C(F)(F)C(F)(F)F)[C@@H]3CCC4=CC(=O)CCC4=C32)cc1. The summed E-state index contributed by atoms with van der Waals surface area (Å²) in [7, 11) is 0. The number of carbonyl (C=O) groups excluding carboxylic acids is 1. The average Bonchev–Trinajstić information content (AvgIpc) is 3.17. The van der Waals surface area contributed by atoms with E-state index in [4.69, 9.17) is 4.84 Å². The van der Waals surface area contributed by atoms with Crippen LogP contribution in [0.4, 0.5) is 22.0 Å². The van der Waals surface area contributed by atoms with Crippen LogP contribution in [0.25, 0.3) is 0 Å². The molecule has 0 aliphatic heterocycles. The molecule has 1 aromatic carbocycles. The second-order valence-electron chi connectivity index (χ2n) is 12.6. The topological polar surface area (TPSA) is 58.9 Å². The van der Waals surface area contributed by atoms with Crippen LogP contribution >= 0.6 is 0 Å². The molecule has 4 nitrogen and oxygen atoms in total. The van der Waals surface area contributed by atoms with Gasteiger partial charge in [-0.1, -0.05) is 55.8 Å². The molecule has 2 fully saturated rings. The summed E-state index contributed by atoms with van der Waals surface area (Å²) in [5.41, 5.74) is -0.276. The van der Waals surface area contributed by atoms with E-state index >= 15 is 8.78 Å². The van der Waals surface area contributed by atoms with Crippen LogP contribution in [0.5, 0.6) is 0 Å². The Balaban J connectivity index is 1.58. The minimum Gasteiger partial charge on any atom is -0.396 e. The van der Waals surface area contributed by atoms with Crippen molar-refractivity contribution in [3.63, 3.8) is 0 Å². The number of benzene rings is 1. The van der Waals surface area contributed by atoms with Gasteiger partial charge in [0.05, 0.1) is 6.21 Å². The van der Waals surface area contributed by atoms with Crippen molar-refractivity contribution >= 4 is 12.0 Å². The zero-order valence-corrected chi connectivity index (χ0v) is 23.0. The molecule has 0 saturated heterocycles. The van der Waals surface area contributed by atoms with Crippen molar-refractivity contribution in [1.29, 1.82) is 0 Å². The van der Waals surface area contributed by atoms with Gasteiger partial charge in [-0.15, -0.1) is 0 Å². The van der Waals surface area contributed by atoms with Gasteiger partial charge in [-0.3, -0.25) is 4.79 Å². The quantitative estimate of drug-likeness (QED) is 0.221. The molecule has 0 spiro atoms. The maximum absolute atomic E-state index is 15.1. The van der Waals surface area contributed by atoms with Crippen LogP contribution in [-0.2, 0) is 9.63 Å². The molecule has 4 aliphatic carbocycles. The van der Waals surface area contributed by atoms with E-state index in [-0.39, 0.29) is 24.5 Å². The van der Waals surface area contributed by atoms with Crippen molar-refractivity contribution in [2.75, 3.05) is 6.61 Å². The molecule has 5 atom stereocenters. The fourth-order valence-electron chi connectivity index (χ4n) is 7.82. The molecule has 1 N–H and O–H groups in total. The molecule has 0 heterocycles. The van der Waals surface area contributed by atoms with Gasteiger partial charge in [0, 0.05) is 17.8 Å². The maximum atomic E-state index is 15.1. The third-order valence-corrected chi connectivity index (χ3v) is 9.78. The van der Waals surface area contributed by atoms with Gasteiger partial charge >= 0.3 is 12.1 Å². The minimum atomic E-state index is -5.86. The van der Waals surface area contributed by atoms with Crippen LogP contribution in [0.15, 0.2) is 52.2 Å². The van der Waals surface area contributed by atoms with Gasteiger partial charge in [0.1, 0.15) is 12.2 Å². The summed E-state index contributed by atoms with van der Waals surface area (Å²) in [5, 5.41) is 15.3. The van der Waals surface area contributed by atoms with E-state index in [1.807, 2.05) is 38.1 Å². The number of aliphatic hydroxyl groups is 1. The molecule has 0 radical (unpaired) electrons. The second-order valence-corrected chi connectivity index (χ2v) is 12.6. The Morgan fingerprint density at radius 1 is 1.10 bits per heavy atom. The van der Waals surface area contributed by atoms with E-state index in [2.05, 4.69) is 5.16 Å². The van der Waals surface area contributed by atoms with Crippen LogP contribution in [0.2, 0.25) is 0 Å². The molecule has 4 aliphatic rings. The van der Waals surface area contributed by atoms with Gasteiger partial charge in [0.2, 0.25) is 0 Å². The number of ketones is 1. The molecule has 40 heavy (non-hydrogen) atoms. The molecule has 218 valence electrons. The Bertz CT molecular complexity index is 1250.